The van der Waals surface area contributed by atoms with Crippen molar-refractivity contribution in [2.45, 2.75) is 38.8 Å². The third-order valence-electron chi connectivity index (χ3n) is 3.73. The van der Waals surface area contributed by atoms with Crippen molar-refractivity contribution in [1.29, 1.82) is 0 Å². The molecule has 0 saturated carbocycles. The number of benzene rings is 1. The van der Waals surface area contributed by atoms with Crippen LogP contribution in [0.5, 0.6) is 0 Å². The van der Waals surface area contributed by atoms with Gasteiger partial charge in [-0.15, -0.1) is 0 Å². The summed E-state index contributed by atoms with van der Waals surface area (Å²) in [5.41, 5.74) is 4.04. The highest BCUT2D eigenvalue weighted by Crippen LogP contribution is 2.13. The highest BCUT2D eigenvalue weighted by atomic mass is 15.3. The topological polar surface area (TPSA) is 65.7 Å². The number of nitrogens with two attached hydrogens (primary N) is 1. The van der Waals surface area contributed by atoms with Crippen LogP contribution in [0.15, 0.2) is 35.3 Å². The Labute approximate surface area is 127 Å². The second-order valence-electron chi connectivity index (χ2n) is 5.58. The highest BCUT2D eigenvalue weighted by molar-refractivity contribution is 5.79. The fourth-order valence-corrected chi connectivity index (χ4v) is 2.71. The Morgan fingerprint density at radius 1 is 1.38 bits per heavy atom. The third-order valence-corrected chi connectivity index (χ3v) is 3.73. The predicted molar refractivity (Wildman–Crippen MR) is 87.8 cm³/mol. The van der Waals surface area contributed by atoms with Gasteiger partial charge in [0.15, 0.2) is 0 Å². The van der Waals surface area contributed by atoms with Gasteiger partial charge in [0, 0.05) is 25.7 Å². The van der Waals surface area contributed by atoms with Crippen molar-refractivity contribution >= 4 is 5.96 Å². The SMILES string of the molecule is CCCN=C(NN)NC1CCCN(Cc2ccccc2)C1. The number of hydrazine groups is 1. The molecule has 0 aromatic heterocycles. The lowest BCUT2D eigenvalue weighted by molar-refractivity contribution is 0.192. The largest absolute Gasteiger partial charge is 0.351 e. The van der Waals surface area contributed by atoms with Crippen molar-refractivity contribution in [2.75, 3.05) is 19.6 Å². The van der Waals surface area contributed by atoms with Gasteiger partial charge < -0.3 is 5.32 Å². The average molecular weight is 289 g/mol. The number of rotatable bonds is 5. The molecule has 0 radical (unpaired) electrons. The summed E-state index contributed by atoms with van der Waals surface area (Å²) in [6, 6.07) is 11.0. The number of guanidine groups is 1. The molecule has 1 atom stereocenters. The minimum Gasteiger partial charge on any atom is -0.351 e. The normalized spacial score (nSPS) is 20.3. The molecule has 1 heterocycles. The fourth-order valence-electron chi connectivity index (χ4n) is 2.71. The van der Waals surface area contributed by atoms with E-state index in [2.05, 4.69) is 57.9 Å². The van der Waals surface area contributed by atoms with Crippen LogP contribution in [0.1, 0.15) is 31.7 Å². The monoisotopic (exact) mass is 289 g/mol. The van der Waals surface area contributed by atoms with Gasteiger partial charge >= 0.3 is 0 Å². The summed E-state index contributed by atoms with van der Waals surface area (Å²) >= 11 is 0. The van der Waals surface area contributed by atoms with Crippen LogP contribution in [0.4, 0.5) is 0 Å². The lowest BCUT2D eigenvalue weighted by Crippen LogP contribution is -2.52. The highest BCUT2D eigenvalue weighted by Gasteiger charge is 2.20. The van der Waals surface area contributed by atoms with E-state index in [0.717, 1.165) is 39.0 Å². The first-order valence-corrected chi connectivity index (χ1v) is 7.85. The molecule has 0 aliphatic carbocycles. The second-order valence-corrected chi connectivity index (χ2v) is 5.58. The Morgan fingerprint density at radius 2 is 2.19 bits per heavy atom. The smallest absolute Gasteiger partial charge is 0.205 e. The van der Waals surface area contributed by atoms with Gasteiger partial charge in [-0.2, -0.15) is 0 Å². The van der Waals surface area contributed by atoms with E-state index in [9.17, 15) is 0 Å². The maximum absolute atomic E-state index is 5.53. The minimum absolute atomic E-state index is 0.411. The van der Waals surface area contributed by atoms with Crippen molar-refractivity contribution < 1.29 is 0 Å². The Balaban J connectivity index is 1.85. The Morgan fingerprint density at radius 3 is 2.90 bits per heavy atom. The number of aliphatic imine (C=N–C) groups is 1. The van der Waals surface area contributed by atoms with E-state index in [-0.39, 0.29) is 0 Å². The zero-order valence-corrected chi connectivity index (χ0v) is 12.9. The summed E-state index contributed by atoms with van der Waals surface area (Å²) < 4.78 is 0. The van der Waals surface area contributed by atoms with Crippen molar-refractivity contribution in [3.63, 3.8) is 0 Å². The molecule has 0 bridgehead atoms. The van der Waals surface area contributed by atoms with Crippen LogP contribution in [-0.2, 0) is 6.54 Å². The molecule has 116 valence electrons. The summed E-state index contributed by atoms with van der Waals surface area (Å²) in [5.74, 6) is 6.24. The van der Waals surface area contributed by atoms with Gasteiger partial charge in [-0.1, -0.05) is 37.3 Å². The van der Waals surface area contributed by atoms with Gasteiger partial charge in [0.25, 0.3) is 0 Å². The number of likely N-dealkylation sites (tertiary alicyclic amines) is 1. The van der Waals surface area contributed by atoms with Crippen LogP contribution >= 0.6 is 0 Å². The summed E-state index contributed by atoms with van der Waals surface area (Å²) in [6.45, 7) is 6.11. The first-order valence-electron chi connectivity index (χ1n) is 7.85. The van der Waals surface area contributed by atoms with Crippen molar-refractivity contribution in [3.8, 4) is 0 Å². The second kappa shape index (κ2) is 8.64. The Hall–Kier alpha value is -1.59. The van der Waals surface area contributed by atoms with Crippen LogP contribution in [-0.4, -0.2) is 36.5 Å². The number of nitrogens with one attached hydrogen (secondary N) is 2. The first-order chi connectivity index (χ1) is 10.3. The van der Waals surface area contributed by atoms with Crippen LogP contribution in [0.25, 0.3) is 0 Å². The van der Waals surface area contributed by atoms with E-state index in [1.165, 1.54) is 12.0 Å². The molecule has 2 rings (SSSR count). The summed E-state index contributed by atoms with van der Waals surface area (Å²) in [4.78, 5) is 6.91. The van der Waals surface area contributed by atoms with Gasteiger partial charge in [0.2, 0.25) is 5.96 Å². The number of nitrogens with zero attached hydrogens (tertiary/aromatic N) is 2. The molecule has 4 N–H and O–H groups in total. The van der Waals surface area contributed by atoms with E-state index < -0.39 is 0 Å². The zero-order valence-electron chi connectivity index (χ0n) is 12.9. The maximum atomic E-state index is 5.53. The van der Waals surface area contributed by atoms with Gasteiger partial charge in [-0.3, -0.25) is 15.3 Å². The molecule has 21 heavy (non-hydrogen) atoms. The van der Waals surface area contributed by atoms with E-state index >= 15 is 0 Å². The average Bonchev–Trinajstić information content (AvgIpc) is 2.53. The van der Waals surface area contributed by atoms with Crippen molar-refractivity contribution in [2.24, 2.45) is 10.8 Å². The molecule has 1 unspecified atom stereocenters. The van der Waals surface area contributed by atoms with E-state index in [1.54, 1.807) is 0 Å². The van der Waals surface area contributed by atoms with Crippen LogP contribution in [0.3, 0.4) is 0 Å². The quantitative estimate of drug-likeness (QED) is 0.332. The first kappa shape index (κ1) is 15.8. The van der Waals surface area contributed by atoms with Gasteiger partial charge in [-0.25, -0.2) is 5.84 Å². The molecule has 1 saturated heterocycles. The molecule has 5 nitrogen and oxygen atoms in total. The number of piperidine rings is 1. The summed E-state index contributed by atoms with van der Waals surface area (Å²) in [5, 5.41) is 3.43. The molecular formula is C16H27N5. The van der Waals surface area contributed by atoms with Gasteiger partial charge in [0.05, 0.1) is 0 Å². The fraction of sp³-hybridized carbons (Fsp3) is 0.562. The summed E-state index contributed by atoms with van der Waals surface area (Å²) in [7, 11) is 0. The zero-order chi connectivity index (χ0) is 14.9. The molecule has 1 fully saturated rings. The van der Waals surface area contributed by atoms with E-state index in [1.807, 2.05) is 0 Å². The maximum Gasteiger partial charge on any atom is 0.205 e. The van der Waals surface area contributed by atoms with Gasteiger partial charge in [0.1, 0.15) is 0 Å². The molecular weight excluding hydrogens is 262 g/mol. The van der Waals surface area contributed by atoms with E-state index in [4.69, 9.17) is 5.84 Å². The number of hydrogen-bond donors (Lipinski definition) is 3. The Kier molecular flexibility index (Phi) is 6.50. The molecule has 0 spiro atoms. The lowest BCUT2D eigenvalue weighted by Gasteiger charge is -2.33. The lowest BCUT2D eigenvalue weighted by atomic mass is 10.0. The van der Waals surface area contributed by atoms with Gasteiger partial charge in [-0.05, 0) is 31.4 Å². The minimum atomic E-state index is 0.411. The van der Waals surface area contributed by atoms with Crippen molar-refractivity contribution in [3.05, 3.63) is 35.9 Å². The molecule has 1 aliphatic rings. The van der Waals surface area contributed by atoms with Crippen LogP contribution in [0.2, 0.25) is 0 Å². The molecule has 0 amide bonds. The molecule has 5 heteroatoms. The molecule has 1 aromatic rings. The number of hydrogen-bond acceptors (Lipinski definition) is 3. The molecule has 1 aliphatic heterocycles. The van der Waals surface area contributed by atoms with Crippen LogP contribution < -0.4 is 16.6 Å². The Bertz CT molecular complexity index is 432. The third kappa shape index (κ3) is 5.36. The molecule has 1 aromatic carbocycles. The predicted octanol–water partition coefficient (Wildman–Crippen LogP) is 1.47. The van der Waals surface area contributed by atoms with E-state index in [0.29, 0.717) is 12.0 Å². The van der Waals surface area contributed by atoms with Crippen molar-refractivity contribution in [1.82, 2.24) is 15.6 Å². The standard InChI is InChI=1S/C16H27N5/c1-2-10-18-16(20-17)19-15-9-6-11-21(13-15)12-14-7-4-3-5-8-14/h3-5,7-8,15H,2,6,9-13,17H2,1H3,(H2,18,19,20). The van der Waals surface area contributed by atoms with Crippen LogP contribution in [0, 0.1) is 0 Å². The summed E-state index contributed by atoms with van der Waals surface area (Å²) in [6.07, 6.45) is 3.39.